The average Bonchev–Trinajstić information content (AvgIpc) is 3.64. The molecule has 0 N–H and O–H groups in total. The summed E-state index contributed by atoms with van der Waals surface area (Å²) in [6, 6.07) is 13.9. The SMILES string of the molecule is COCCN(Cc1cccn1Cc1cccc(C(F)(F)F)c1)C(=O)CN(C(=O)c1ccc(F)cc1)C1CC1. The lowest BCUT2D eigenvalue weighted by atomic mass is 10.1. The number of carbonyl (C=O) groups excluding carboxylic acids is 2. The maximum Gasteiger partial charge on any atom is 0.416 e. The quantitative estimate of drug-likeness (QED) is 0.328. The molecule has 0 aliphatic heterocycles. The predicted molar refractivity (Wildman–Crippen MR) is 133 cm³/mol. The molecule has 0 saturated heterocycles. The summed E-state index contributed by atoms with van der Waals surface area (Å²) >= 11 is 0. The second-order valence-electron chi connectivity index (χ2n) is 9.30. The molecule has 3 aromatic rings. The average molecular weight is 532 g/mol. The summed E-state index contributed by atoms with van der Waals surface area (Å²) in [5, 5.41) is 0. The van der Waals surface area contributed by atoms with Gasteiger partial charge in [0, 0.05) is 43.7 Å². The molecule has 1 heterocycles. The minimum absolute atomic E-state index is 0.0504. The fourth-order valence-electron chi connectivity index (χ4n) is 4.24. The number of methoxy groups -OCH3 is 1. The third-order valence-electron chi connectivity index (χ3n) is 6.45. The van der Waals surface area contributed by atoms with Gasteiger partial charge in [-0.3, -0.25) is 9.59 Å². The monoisotopic (exact) mass is 531 g/mol. The largest absolute Gasteiger partial charge is 0.416 e. The highest BCUT2D eigenvalue weighted by atomic mass is 19.4. The smallest absolute Gasteiger partial charge is 0.383 e. The molecule has 0 radical (unpaired) electrons. The number of halogens is 4. The third-order valence-corrected chi connectivity index (χ3v) is 6.45. The number of hydrogen-bond acceptors (Lipinski definition) is 3. The Balaban J connectivity index is 1.49. The second-order valence-corrected chi connectivity index (χ2v) is 9.30. The van der Waals surface area contributed by atoms with Crippen LogP contribution in [-0.2, 0) is 28.8 Å². The van der Waals surface area contributed by atoms with Crippen LogP contribution in [0.1, 0.15) is 40.0 Å². The van der Waals surface area contributed by atoms with Crippen molar-refractivity contribution in [3.8, 4) is 0 Å². The Kier molecular flexibility index (Phi) is 8.51. The minimum Gasteiger partial charge on any atom is -0.383 e. The van der Waals surface area contributed by atoms with E-state index in [9.17, 15) is 27.2 Å². The molecule has 0 atom stereocenters. The summed E-state index contributed by atoms with van der Waals surface area (Å²) in [6.07, 6.45) is -1.10. The van der Waals surface area contributed by atoms with E-state index in [1.807, 2.05) is 6.07 Å². The van der Waals surface area contributed by atoms with Gasteiger partial charge in [0.05, 0.1) is 18.7 Å². The number of nitrogens with zero attached hydrogens (tertiary/aromatic N) is 3. The van der Waals surface area contributed by atoms with E-state index in [0.717, 1.165) is 30.7 Å². The van der Waals surface area contributed by atoms with Crippen LogP contribution in [0.2, 0.25) is 0 Å². The van der Waals surface area contributed by atoms with E-state index < -0.39 is 17.6 Å². The van der Waals surface area contributed by atoms with Crippen molar-refractivity contribution in [3.05, 3.63) is 95.1 Å². The molecule has 0 spiro atoms. The van der Waals surface area contributed by atoms with Crippen LogP contribution in [0.4, 0.5) is 17.6 Å². The number of benzene rings is 2. The van der Waals surface area contributed by atoms with Gasteiger partial charge in [-0.15, -0.1) is 0 Å². The molecule has 10 heteroatoms. The Hall–Kier alpha value is -3.66. The summed E-state index contributed by atoms with van der Waals surface area (Å²) < 4.78 is 59.7. The number of rotatable bonds is 11. The Bertz CT molecular complexity index is 1250. The Morgan fingerprint density at radius 2 is 1.79 bits per heavy atom. The van der Waals surface area contributed by atoms with E-state index in [0.29, 0.717) is 11.1 Å². The fraction of sp³-hybridized carbons (Fsp3) is 0.357. The molecule has 1 aliphatic carbocycles. The van der Waals surface area contributed by atoms with Gasteiger partial charge in [-0.1, -0.05) is 12.1 Å². The molecule has 0 bridgehead atoms. The Morgan fingerprint density at radius 3 is 2.45 bits per heavy atom. The lowest BCUT2D eigenvalue weighted by molar-refractivity contribution is -0.137. The molecule has 2 amide bonds. The summed E-state index contributed by atoms with van der Waals surface area (Å²) in [4.78, 5) is 29.6. The van der Waals surface area contributed by atoms with Crippen LogP contribution in [0, 0.1) is 5.82 Å². The van der Waals surface area contributed by atoms with Gasteiger partial charge in [-0.05, 0) is 66.9 Å². The molecule has 202 valence electrons. The highest BCUT2D eigenvalue weighted by Crippen LogP contribution is 2.30. The maximum absolute atomic E-state index is 13.4. The molecule has 1 saturated carbocycles. The van der Waals surface area contributed by atoms with Gasteiger partial charge in [0.2, 0.25) is 5.91 Å². The van der Waals surface area contributed by atoms with Crippen LogP contribution in [0.3, 0.4) is 0 Å². The normalized spacial score (nSPS) is 13.4. The first kappa shape index (κ1) is 27.4. The summed E-state index contributed by atoms with van der Waals surface area (Å²) in [5.74, 6) is -1.06. The van der Waals surface area contributed by atoms with E-state index in [2.05, 4.69) is 0 Å². The zero-order valence-corrected chi connectivity index (χ0v) is 21.0. The first-order valence-electron chi connectivity index (χ1n) is 12.3. The van der Waals surface area contributed by atoms with Crippen LogP contribution in [0.5, 0.6) is 0 Å². The van der Waals surface area contributed by atoms with E-state index >= 15 is 0 Å². The van der Waals surface area contributed by atoms with Gasteiger partial charge in [-0.25, -0.2) is 4.39 Å². The molecule has 6 nitrogen and oxygen atoms in total. The van der Waals surface area contributed by atoms with Crippen molar-refractivity contribution in [3.63, 3.8) is 0 Å². The predicted octanol–water partition coefficient (Wildman–Crippen LogP) is 4.97. The van der Waals surface area contributed by atoms with Gasteiger partial charge in [0.15, 0.2) is 0 Å². The van der Waals surface area contributed by atoms with Crippen molar-refractivity contribution < 1.29 is 31.9 Å². The number of hydrogen-bond donors (Lipinski definition) is 0. The number of amides is 2. The third kappa shape index (κ3) is 7.00. The number of ether oxygens (including phenoxy) is 1. The van der Waals surface area contributed by atoms with Crippen LogP contribution >= 0.6 is 0 Å². The standard InChI is InChI=1S/C28H29F4N3O3/c1-38-15-14-34(26(36)19-35(24-11-12-24)27(37)21-7-9-23(29)10-8-21)18-25-6-3-13-33(25)17-20-4-2-5-22(16-20)28(30,31)32/h2-10,13,16,24H,11-12,14-15,17-19H2,1H3. The van der Waals surface area contributed by atoms with Crippen molar-refractivity contribution in [2.75, 3.05) is 26.8 Å². The molecule has 1 fully saturated rings. The van der Waals surface area contributed by atoms with Crippen molar-refractivity contribution in [1.82, 2.24) is 14.4 Å². The fourth-order valence-corrected chi connectivity index (χ4v) is 4.24. The lowest BCUT2D eigenvalue weighted by Crippen LogP contribution is -2.44. The molecule has 4 rings (SSSR count). The first-order chi connectivity index (χ1) is 18.2. The van der Waals surface area contributed by atoms with Crippen LogP contribution in [0.15, 0.2) is 66.9 Å². The Morgan fingerprint density at radius 1 is 1.05 bits per heavy atom. The molecule has 1 aliphatic rings. The van der Waals surface area contributed by atoms with E-state index in [1.54, 1.807) is 27.8 Å². The van der Waals surface area contributed by atoms with Crippen molar-refractivity contribution in [2.24, 2.45) is 0 Å². The van der Waals surface area contributed by atoms with Crippen LogP contribution < -0.4 is 0 Å². The van der Waals surface area contributed by atoms with Crippen molar-refractivity contribution in [2.45, 2.75) is 38.1 Å². The Labute approximate surface area is 218 Å². The van der Waals surface area contributed by atoms with E-state index in [-0.39, 0.29) is 50.6 Å². The zero-order valence-electron chi connectivity index (χ0n) is 21.0. The first-order valence-corrected chi connectivity index (χ1v) is 12.3. The molecule has 1 aromatic heterocycles. The highest BCUT2D eigenvalue weighted by molar-refractivity contribution is 5.97. The van der Waals surface area contributed by atoms with Gasteiger partial charge in [0.1, 0.15) is 12.4 Å². The lowest BCUT2D eigenvalue weighted by Gasteiger charge is -2.28. The molecule has 38 heavy (non-hydrogen) atoms. The van der Waals surface area contributed by atoms with Crippen LogP contribution in [0.25, 0.3) is 0 Å². The maximum atomic E-state index is 13.4. The van der Waals surface area contributed by atoms with Crippen molar-refractivity contribution >= 4 is 11.8 Å². The van der Waals surface area contributed by atoms with Gasteiger partial charge < -0.3 is 19.1 Å². The summed E-state index contributed by atoms with van der Waals surface area (Å²) in [6.45, 7) is 0.800. The number of aromatic nitrogens is 1. The topological polar surface area (TPSA) is 54.8 Å². The van der Waals surface area contributed by atoms with Gasteiger partial charge in [-0.2, -0.15) is 13.2 Å². The molecule has 0 unspecified atom stereocenters. The summed E-state index contributed by atoms with van der Waals surface area (Å²) in [5.41, 5.74) is 0.808. The van der Waals surface area contributed by atoms with E-state index in [1.165, 1.54) is 42.3 Å². The zero-order chi connectivity index (χ0) is 27.3. The van der Waals surface area contributed by atoms with Gasteiger partial charge in [0.25, 0.3) is 5.91 Å². The molecular formula is C28H29F4N3O3. The second kappa shape index (κ2) is 11.8. The summed E-state index contributed by atoms with van der Waals surface area (Å²) in [7, 11) is 1.52. The minimum atomic E-state index is -4.43. The molecule has 2 aromatic carbocycles. The van der Waals surface area contributed by atoms with E-state index in [4.69, 9.17) is 4.74 Å². The van der Waals surface area contributed by atoms with Gasteiger partial charge >= 0.3 is 6.18 Å². The van der Waals surface area contributed by atoms with Crippen molar-refractivity contribution in [1.29, 1.82) is 0 Å². The number of alkyl halides is 3. The van der Waals surface area contributed by atoms with Crippen LogP contribution in [-0.4, -0.2) is 59.0 Å². The highest BCUT2D eigenvalue weighted by Gasteiger charge is 2.35. The number of carbonyl (C=O) groups is 2. The molecular weight excluding hydrogens is 502 g/mol.